The fraction of sp³-hybridized carbons (Fsp3) is 0.636. The van der Waals surface area contributed by atoms with Crippen molar-refractivity contribution in [2.24, 2.45) is 0 Å². The minimum absolute atomic E-state index is 0.138. The van der Waals surface area contributed by atoms with Gasteiger partial charge in [-0.25, -0.2) is 0 Å². The fourth-order valence-electron chi connectivity index (χ4n) is 1.89. The van der Waals surface area contributed by atoms with Crippen molar-refractivity contribution in [3.05, 3.63) is 22.2 Å². The van der Waals surface area contributed by atoms with Crippen LogP contribution in [-0.4, -0.2) is 28.8 Å². The Bertz CT molecular complexity index is 406. The average molecular weight is 242 g/mol. The van der Waals surface area contributed by atoms with Crippen LogP contribution in [0.25, 0.3) is 0 Å². The van der Waals surface area contributed by atoms with Crippen LogP contribution >= 0.6 is 0 Å². The molecule has 1 aliphatic heterocycles. The van der Waals surface area contributed by atoms with E-state index in [-0.39, 0.29) is 5.56 Å². The zero-order valence-electron chi connectivity index (χ0n) is 10.0. The molecule has 0 aliphatic carbocycles. The third-order valence-electron chi connectivity index (χ3n) is 2.57. The van der Waals surface area contributed by atoms with Crippen LogP contribution in [-0.2, 0) is 4.79 Å². The SMILES string of the molecule is CC(=O)O.C[C@H]1C[C@@H](c2cc(=O)[nH]o2)CCN1. The maximum absolute atomic E-state index is 10.8. The lowest BCUT2D eigenvalue weighted by atomic mass is 9.91. The van der Waals surface area contributed by atoms with Crippen LogP contribution in [0.4, 0.5) is 0 Å². The Morgan fingerprint density at radius 2 is 2.24 bits per heavy atom. The number of aliphatic carboxylic acids is 1. The van der Waals surface area contributed by atoms with Gasteiger partial charge in [-0.2, -0.15) is 5.16 Å². The molecule has 6 heteroatoms. The van der Waals surface area contributed by atoms with E-state index in [1.54, 1.807) is 6.07 Å². The molecule has 0 radical (unpaired) electrons. The largest absolute Gasteiger partial charge is 0.481 e. The van der Waals surface area contributed by atoms with Gasteiger partial charge >= 0.3 is 0 Å². The smallest absolute Gasteiger partial charge is 0.300 e. The second-order valence-electron chi connectivity index (χ2n) is 4.21. The first-order chi connectivity index (χ1) is 7.99. The van der Waals surface area contributed by atoms with Crippen molar-refractivity contribution in [1.29, 1.82) is 0 Å². The second kappa shape index (κ2) is 6.24. The number of hydrogen-bond acceptors (Lipinski definition) is 4. The Hall–Kier alpha value is -1.56. The highest BCUT2D eigenvalue weighted by atomic mass is 16.5. The number of piperidine rings is 1. The number of carboxylic acid groups (broad SMARTS) is 1. The highest BCUT2D eigenvalue weighted by Crippen LogP contribution is 2.26. The quantitative estimate of drug-likeness (QED) is 0.680. The van der Waals surface area contributed by atoms with E-state index < -0.39 is 5.97 Å². The summed E-state index contributed by atoms with van der Waals surface area (Å²) in [6.07, 6.45) is 2.09. The summed E-state index contributed by atoms with van der Waals surface area (Å²) in [6.45, 7) is 4.23. The second-order valence-corrected chi connectivity index (χ2v) is 4.21. The normalized spacial score (nSPS) is 23.6. The molecule has 0 unspecified atom stereocenters. The summed E-state index contributed by atoms with van der Waals surface area (Å²) >= 11 is 0. The number of nitrogens with one attached hydrogen (secondary N) is 2. The van der Waals surface area contributed by atoms with E-state index >= 15 is 0 Å². The molecule has 0 amide bonds. The fourth-order valence-corrected chi connectivity index (χ4v) is 1.89. The molecule has 6 nitrogen and oxygen atoms in total. The Morgan fingerprint density at radius 3 is 2.71 bits per heavy atom. The maximum atomic E-state index is 10.8. The summed E-state index contributed by atoms with van der Waals surface area (Å²) in [5, 5.41) is 13.1. The van der Waals surface area contributed by atoms with E-state index in [2.05, 4.69) is 17.4 Å². The van der Waals surface area contributed by atoms with Crippen molar-refractivity contribution in [2.45, 2.75) is 38.6 Å². The van der Waals surface area contributed by atoms with Gasteiger partial charge in [0.1, 0.15) is 5.76 Å². The van der Waals surface area contributed by atoms with Crippen LogP contribution in [0.3, 0.4) is 0 Å². The average Bonchev–Trinajstić information content (AvgIpc) is 2.64. The summed E-state index contributed by atoms with van der Waals surface area (Å²) in [5.74, 6) is 0.369. The molecular formula is C11H18N2O4. The van der Waals surface area contributed by atoms with Crippen molar-refractivity contribution in [2.75, 3.05) is 6.54 Å². The summed E-state index contributed by atoms with van der Waals surface area (Å²) in [4.78, 5) is 19.8. The van der Waals surface area contributed by atoms with Crippen molar-refractivity contribution in [3.63, 3.8) is 0 Å². The monoisotopic (exact) mass is 242 g/mol. The minimum atomic E-state index is -0.833. The molecule has 2 heterocycles. The Labute approximate surface area is 99.0 Å². The number of H-pyrrole nitrogens is 1. The van der Waals surface area contributed by atoms with Gasteiger partial charge in [0, 0.05) is 24.9 Å². The Morgan fingerprint density at radius 1 is 1.59 bits per heavy atom. The number of rotatable bonds is 1. The van der Waals surface area contributed by atoms with E-state index in [1.807, 2.05) is 0 Å². The maximum Gasteiger partial charge on any atom is 0.300 e. The van der Waals surface area contributed by atoms with E-state index in [0.29, 0.717) is 12.0 Å². The summed E-state index contributed by atoms with van der Waals surface area (Å²) in [6, 6.07) is 2.07. The van der Waals surface area contributed by atoms with E-state index in [9.17, 15) is 4.79 Å². The van der Waals surface area contributed by atoms with Gasteiger partial charge in [-0.1, -0.05) is 0 Å². The van der Waals surface area contributed by atoms with E-state index in [0.717, 1.165) is 32.1 Å². The molecule has 2 rings (SSSR count). The van der Waals surface area contributed by atoms with Crippen molar-refractivity contribution in [1.82, 2.24) is 10.5 Å². The molecule has 3 N–H and O–H groups in total. The summed E-state index contributed by atoms with van der Waals surface area (Å²) < 4.78 is 5.09. The van der Waals surface area contributed by atoms with Gasteiger partial charge in [-0.05, 0) is 26.3 Å². The van der Waals surface area contributed by atoms with Crippen LogP contribution in [0.2, 0.25) is 0 Å². The Kier molecular flexibility index (Phi) is 4.96. The van der Waals surface area contributed by atoms with Gasteiger partial charge in [-0.3, -0.25) is 9.59 Å². The standard InChI is InChI=1S/C9H14N2O2.C2H4O2/c1-6-4-7(2-3-10-6)8-5-9(12)11-13-8;1-2(3)4/h5-7,10H,2-4H2,1H3,(H,11,12);1H3,(H,3,4)/t6-,7-;/m0./s1. The number of aromatic nitrogens is 1. The molecule has 0 bridgehead atoms. The number of hydrogen-bond donors (Lipinski definition) is 3. The number of carbonyl (C=O) groups is 1. The van der Waals surface area contributed by atoms with Crippen LogP contribution < -0.4 is 10.9 Å². The lowest BCUT2D eigenvalue weighted by Gasteiger charge is -2.25. The molecular weight excluding hydrogens is 224 g/mol. The molecule has 1 aromatic rings. The van der Waals surface area contributed by atoms with Gasteiger partial charge in [-0.15, -0.1) is 0 Å². The molecule has 2 atom stereocenters. The van der Waals surface area contributed by atoms with Gasteiger partial charge in [0.25, 0.3) is 11.5 Å². The summed E-state index contributed by atoms with van der Waals surface area (Å²) in [7, 11) is 0. The molecule has 96 valence electrons. The van der Waals surface area contributed by atoms with Crippen LogP contribution in [0.15, 0.2) is 15.4 Å². The lowest BCUT2D eigenvalue weighted by molar-refractivity contribution is -0.134. The van der Waals surface area contributed by atoms with Crippen molar-refractivity contribution in [3.8, 4) is 0 Å². The predicted octanol–water partition coefficient (Wildman–Crippen LogP) is 0.914. The molecule has 1 saturated heterocycles. The Balaban J connectivity index is 0.000000317. The summed E-state index contributed by atoms with van der Waals surface area (Å²) in [5.41, 5.74) is -0.138. The lowest BCUT2D eigenvalue weighted by Crippen LogP contribution is -2.34. The zero-order chi connectivity index (χ0) is 12.8. The number of carboxylic acids is 1. The number of aromatic amines is 1. The van der Waals surface area contributed by atoms with Gasteiger partial charge in [0.05, 0.1) is 0 Å². The first-order valence-corrected chi connectivity index (χ1v) is 5.60. The molecule has 0 saturated carbocycles. The van der Waals surface area contributed by atoms with Crippen LogP contribution in [0.5, 0.6) is 0 Å². The molecule has 1 aromatic heterocycles. The van der Waals surface area contributed by atoms with Crippen LogP contribution in [0.1, 0.15) is 38.4 Å². The first-order valence-electron chi connectivity index (χ1n) is 5.60. The third kappa shape index (κ3) is 4.86. The van der Waals surface area contributed by atoms with Crippen molar-refractivity contribution < 1.29 is 14.4 Å². The molecule has 1 fully saturated rings. The van der Waals surface area contributed by atoms with Gasteiger partial charge in [0.2, 0.25) is 0 Å². The minimum Gasteiger partial charge on any atom is -0.481 e. The highest BCUT2D eigenvalue weighted by molar-refractivity contribution is 5.62. The predicted molar refractivity (Wildman–Crippen MR) is 62.1 cm³/mol. The van der Waals surface area contributed by atoms with Gasteiger partial charge in [0.15, 0.2) is 0 Å². The first kappa shape index (κ1) is 13.5. The molecule has 0 spiro atoms. The van der Waals surface area contributed by atoms with E-state index in [4.69, 9.17) is 14.4 Å². The topological polar surface area (TPSA) is 95.3 Å². The third-order valence-corrected chi connectivity index (χ3v) is 2.57. The molecule has 0 aromatic carbocycles. The molecule has 17 heavy (non-hydrogen) atoms. The highest BCUT2D eigenvalue weighted by Gasteiger charge is 2.22. The van der Waals surface area contributed by atoms with Crippen LogP contribution in [0, 0.1) is 0 Å². The van der Waals surface area contributed by atoms with E-state index in [1.165, 1.54) is 0 Å². The van der Waals surface area contributed by atoms with Crippen molar-refractivity contribution >= 4 is 5.97 Å². The molecule has 1 aliphatic rings. The zero-order valence-corrected chi connectivity index (χ0v) is 10.0. The van der Waals surface area contributed by atoms with Gasteiger partial charge < -0.3 is 14.9 Å².